The molecule has 2 aromatic rings. The Morgan fingerprint density at radius 2 is 2.00 bits per heavy atom. The molecule has 22 heavy (non-hydrogen) atoms. The number of hydrogen-bond donors (Lipinski definition) is 1. The van der Waals surface area contributed by atoms with E-state index in [0.717, 1.165) is 0 Å². The molecule has 0 aromatic carbocycles. The van der Waals surface area contributed by atoms with Gasteiger partial charge in [0.1, 0.15) is 0 Å². The third-order valence-electron chi connectivity index (χ3n) is 2.80. The van der Waals surface area contributed by atoms with Gasteiger partial charge in [0.05, 0.1) is 11.3 Å². The highest BCUT2D eigenvalue weighted by atomic mass is 35.5. The van der Waals surface area contributed by atoms with E-state index >= 15 is 0 Å². The summed E-state index contributed by atoms with van der Waals surface area (Å²) in [5.74, 6) is -1.76. The standard InChI is InChI=1S/C14H13ClN4O3/c1-2-22-14(16)12(21)11(20)9-7-10(18-19-13(9)15)8-3-5-17-6-4-8/h3-7,14H,2,16H2,1H3. The first kappa shape index (κ1) is 16.2. The molecule has 0 amide bonds. The molecular weight excluding hydrogens is 308 g/mol. The van der Waals surface area contributed by atoms with Crippen LogP contribution in [0.15, 0.2) is 30.6 Å². The zero-order valence-electron chi connectivity index (χ0n) is 11.7. The lowest BCUT2D eigenvalue weighted by Gasteiger charge is -2.10. The summed E-state index contributed by atoms with van der Waals surface area (Å²) in [6, 6.07) is 4.78. The van der Waals surface area contributed by atoms with Gasteiger partial charge in [0.15, 0.2) is 11.4 Å². The number of carbonyl (C=O) groups excluding carboxylic acids is 2. The van der Waals surface area contributed by atoms with Crippen LogP contribution in [0.5, 0.6) is 0 Å². The van der Waals surface area contributed by atoms with Crippen LogP contribution < -0.4 is 5.73 Å². The Bertz CT molecular complexity index is 694. The molecule has 7 nitrogen and oxygen atoms in total. The average Bonchev–Trinajstić information content (AvgIpc) is 2.55. The molecule has 0 aliphatic heterocycles. The van der Waals surface area contributed by atoms with Crippen LogP contribution in [0.1, 0.15) is 17.3 Å². The highest BCUT2D eigenvalue weighted by molar-refractivity contribution is 6.48. The van der Waals surface area contributed by atoms with Crippen LogP contribution in [0.2, 0.25) is 5.15 Å². The van der Waals surface area contributed by atoms with Crippen LogP contribution >= 0.6 is 11.6 Å². The Labute approximate surface area is 131 Å². The second-order valence-corrected chi connectivity index (χ2v) is 4.60. The number of ketones is 2. The lowest BCUT2D eigenvalue weighted by atomic mass is 10.1. The fourth-order valence-corrected chi connectivity index (χ4v) is 1.90. The highest BCUT2D eigenvalue weighted by Gasteiger charge is 2.26. The Kier molecular flexibility index (Phi) is 5.26. The number of nitrogens with zero attached hydrogens (tertiary/aromatic N) is 3. The van der Waals surface area contributed by atoms with Crippen molar-refractivity contribution < 1.29 is 14.3 Å². The van der Waals surface area contributed by atoms with Crippen molar-refractivity contribution in [2.75, 3.05) is 6.61 Å². The summed E-state index contributed by atoms with van der Waals surface area (Å²) in [4.78, 5) is 28.0. The summed E-state index contributed by atoms with van der Waals surface area (Å²) in [5, 5.41) is 7.43. The molecule has 0 fully saturated rings. The molecule has 2 rings (SSSR count). The van der Waals surface area contributed by atoms with Crippen molar-refractivity contribution in [2.45, 2.75) is 13.2 Å². The Balaban J connectivity index is 2.35. The number of hydrogen-bond acceptors (Lipinski definition) is 7. The van der Waals surface area contributed by atoms with Gasteiger partial charge in [0, 0.05) is 24.6 Å². The maximum atomic E-state index is 12.2. The number of aromatic nitrogens is 3. The summed E-state index contributed by atoms with van der Waals surface area (Å²) in [5.41, 5.74) is 6.51. The molecule has 8 heteroatoms. The van der Waals surface area contributed by atoms with E-state index in [4.69, 9.17) is 22.1 Å². The second kappa shape index (κ2) is 7.17. The van der Waals surface area contributed by atoms with E-state index in [2.05, 4.69) is 15.2 Å². The minimum Gasteiger partial charge on any atom is -0.356 e. The van der Waals surface area contributed by atoms with E-state index in [1.165, 1.54) is 6.07 Å². The van der Waals surface area contributed by atoms with Gasteiger partial charge < -0.3 is 4.74 Å². The predicted octanol–water partition coefficient (Wildman–Crippen LogP) is 1.27. The van der Waals surface area contributed by atoms with Crippen molar-refractivity contribution in [1.82, 2.24) is 15.2 Å². The average molecular weight is 321 g/mol. The summed E-state index contributed by atoms with van der Waals surface area (Å²) in [6.07, 6.45) is 1.82. The van der Waals surface area contributed by atoms with Gasteiger partial charge in [-0.3, -0.25) is 20.3 Å². The molecule has 0 aliphatic rings. The van der Waals surface area contributed by atoms with E-state index in [0.29, 0.717) is 11.3 Å². The molecule has 2 N–H and O–H groups in total. The number of rotatable bonds is 6. The van der Waals surface area contributed by atoms with Crippen molar-refractivity contribution in [3.05, 3.63) is 41.3 Å². The van der Waals surface area contributed by atoms with Crippen LogP contribution in [0.3, 0.4) is 0 Å². The normalized spacial score (nSPS) is 12.0. The van der Waals surface area contributed by atoms with E-state index in [9.17, 15) is 9.59 Å². The Morgan fingerprint density at radius 3 is 2.64 bits per heavy atom. The third-order valence-corrected chi connectivity index (χ3v) is 3.08. The molecule has 2 heterocycles. The first-order valence-corrected chi connectivity index (χ1v) is 6.81. The topological polar surface area (TPSA) is 108 Å². The molecule has 0 saturated heterocycles. The molecule has 2 aromatic heterocycles. The molecule has 0 radical (unpaired) electrons. The van der Waals surface area contributed by atoms with Gasteiger partial charge in [0.25, 0.3) is 0 Å². The van der Waals surface area contributed by atoms with Crippen molar-refractivity contribution in [3.63, 3.8) is 0 Å². The van der Waals surface area contributed by atoms with Crippen molar-refractivity contribution >= 4 is 23.2 Å². The van der Waals surface area contributed by atoms with E-state index < -0.39 is 17.8 Å². The summed E-state index contributed by atoms with van der Waals surface area (Å²) in [6.45, 7) is 1.88. The number of halogens is 1. The maximum Gasteiger partial charge on any atom is 0.246 e. The zero-order valence-corrected chi connectivity index (χ0v) is 12.4. The minimum absolute atomic E-state index is 0.0661. The summed E-state index contributed by atoms with van der Waals surface area (Å²) >= 11 is 5.86. The third kappa shape index (κ3) is 3.51. The zero-order chi connectivity index (χ0) is 16.1. The first-order valence-electron chi connectivity index (χ1n) is 6.44. The highest BCUT2D eigenvalue weighted by Crippen LogP contribution is 2.21. The van der Waals surface area contributed by atoms with Crippen LogP contribution in [0, 0.1) is 0 Å². The van der Waals surface area contributed by atoms with E-state index in [-0.39, 0.29) is 17.3 Å². The minimum atomic E-state index is -1.33. The number of pyridine rings is 1. The molecule has 0 bridgehead atoms. The van der Waals surface area contributed by atoms with Crippen molar-refractivity contribution in [1.29, 1.82) is 0 Å². The predicted molar refractivity (Wildman–Crippen MR) is 79.2 cm³/mol. The molecule has 0 spiro atoms. The van der Waals surface area contributed by atoms with Gasteiger partial charge in [-0.1, -0.05) is 11.6 Å². The Hall–Kier alpha value is -2.22. The van der Waals surface area contributed by atoms with Gasteiger partial charge in [-0.2, -0.15) is 0 Å². The van der Waals surface area contributed by atoms with Gasteiger partial charge in [0.2, 0.25) is 11.6 Å². The van der Waals surface area contributed by atoms with Crippen molar-refractivity contribution in [2.24, 2.45) is 5.73 Å². The molecular formula is C14H13ClN4O3. The number of Topliss-reactive ketones (excluding diaryl/α,β-unsaturated/α-hetero) is 2. The quantitative estimate of drug-likeness (QED) is 0.485. The van der Waals surface area contributed by atoms with Gasteiger partial charge in [-0.15, -0.1) is 10.2 Å². The largest absolute Gasteiger partial charge is 0.356 e. The maximum absolute atomic E-state index is 12.2. The second-order valence-electron chi connectivity index (χ2n) is 4.24. The van der Waals surface area contributed by atoms with E-state index in [1.807, 2.05) is 0 Å². The van der Waals surface area contributed by atoms with Crippen LogP contribution in [0.25, 0.3) is 11.3 Å². The molecule has 0 aliphatic carbocycles. The lowest BCUT2D eigenvalue weighted by Crippen LogP contribution is -2.38. The number of carbonyl (C=O) groups is 2. The van der Waals surface area contributed by atoms with Gasteiger partial charge in [-0.25, -0.2) is 0 Å². The molecule has 1 unspecified atom stereocenters. The molecule has 114 valence electrons. The molecule has 1 atom stereocenters. The fourth-order valence-electron chi connectivity index (χ4n) is 1.72. The van der Waals surface area contributed by atoms with Gasteiger partial charge >= 0.3 is 0 Å². The van der Waals surface area contributed by atoms with Crippen LogP contribution in [-0.4, -0.2) is 39.6 Å². The number of nitrogens with two attached hydrogens (primary N) is 1. The smallest absolute Gasteiger partial charge is 0.246 e. The monoisotopic (exact) mass is 320 g/mol. The SMILES string of the molecule is CCOC(N)C(=O)C(=O)c1cc(-c2ccncc2)nnc1Cl. The number of ether oxygens (including phenoxy) is 1. The first-order chi connectivity index (χ1) is 10.5. The summed E-state index contributed by atoms with van der Waals surface area (Å²) in [7, 11) is 0. The van der Waals surface area contributed by atoms with E-state index in [1.54, 1.807) is 31.5 Å². The Morgan fingerprint density at radius 1 is 1.32 bits per heavy atom. The van der Waals surface area contributed by atoms with Crippen LogP contribution in [-0.2, 0) is 9.53 Å². The van der Waals surface area contributed by atoms with Gasteiger partial charge in [-0.05, 0) is 25.1 Å². The molecule has 0 saturated carbocycles. The summed E-state index contributed by atoms with van der Waals surface area (Å²) < 4.78 is 4.92. The van der Waals surface area contributed by atoms with Crippen LogP contribution in [0.4, 0.5) is 0 Å². The fraction of sp³-hybridized carbons (Fsp3) is 0.214. The lowest BCUT2D eigenvalue weighted by molar-refractivity contribution is -0.125. The van der Waals surface area contributed by atoms with Crippen molar-refractivity contribution in [3.8, 4) is 11.3 Å².